The number of esters is 2. The van der Waals surface area contributed by atoms with Gasteiger partial charge in [-0.1, -0.05) is 6.07 Å². The van der Waals surface area contributed by atoms with Crippen molar-refractivity contribution in [2.24, 2.45) is 0 Å². The van der Waals surface area contributed by atoms with E-state index in [2.05, 4.69) is 5.32 Å². The number of amides is 1. The van der Waals surface area contributed by atoms with Crippen LogP contribution in [-0.4, -0.2) is 30.2 Å². The summed E-state index contributed by atoms with van der Waals surface area (Å²) in [4.78, 5) is 46.7. The number of hydrogen-bond acceptors (Lipinski definition) is 6. The summed E-state index contributed by atoms with van der Waals surface area (Å²) in [5, 5.41) is 2.73. The molecule has 0 unspecified atom stereocenters. The molecule has 0 saturated heterocycles. The molecule has 7 heteroatoms. The zero-order valence-electron chi connectivity index (χ0n) is 16.6. The van der Waals surface area contributed by atoms with Crippen LogP contribution in [0.25, 0.3) is 0 Å². The van der Waals surface area contributed by atoms with Crippen LogP contribution in [0.1, 0.15) is 41.3 Å². The Bertz CT molecular complexity index is 917. The van der Waals surface area contributed by atoms with Crippen molar-refractivity contribution in [2.75, 3.05) is 11.9 Å². The van der Waals surface area contributed by atoms with Gasteiger partial charge in [0.25, 0.3) is 0 Å². The van der Waals surface area contributed by atoms with Crippen molar-refractivity contribution in [3.05, 3.63) is 59.2 Å². The molecule has 0 radical (unpaired) electrons. The van der Waals surface area contributed by atoms with Crippen LogP contribution in [0.3, 0.4) is 0 Å². The molecule has 0 fully saturated rings. The lowest BCUT2D eigenvalue weighted by Gasteiger charge is -2.08. The van der Waals surface area contributed by atoms with E-state index in [1.54, 1.807) is 6.07 Å². The Morgan fingerprint density at radius 1 is 0.897 bits per heavy atom. The van der Waals surface area contributed by atoms with Crippen LogP contribution in [0.2, 0.25) is 0 Å². The van der Waals surface area contributed by atoms with Gasteiger partial charge in [-0.15, -0.1) is 0 Å². The van der Waals surface area contributed by atoms with Gasteiger partial charge in [0.15, 0.2) is 12.4 Å². The molecule has 7 nitrogen and oxygen atoms in total. The predicted octanol–water partition coefficient (Wildman–Crippen LogP) is 3.37. The summed E-state index contributed by atoms with van der Waals surface area (Å²) in [5.41, 5.74) is 3.17. The molecular formula is C22H23NO6. The Hall–Kier alpha value is -3.48. The third-order valence-electron chi connectivity index (χ3n) is 4.15. The van der Waals surface area contributed by atoms with Crippen LogP contribution in [0.5, 0.6) is 5.75 Å². The summed E-state index contributed by atoms with van der Waals surface area (Å²) in [6.45, 7) is 4.78. The van der Waals surface area contributed by atoms with Gasteiger partial charge in [0, 0.05) is 24.6 Å². The predicted molar refractivity (Wildman–Crippen MR) is 107 cm³/mol. The summed E-state index contributed by atoms with van der Waals surface area (Å²) in [5.74, 6) is -1.48. The number of aryl methyl sites for hydroxylation is 2. The Morgan fingerprint density at radius 3 is 2.21 bits per heavy atom. The van der Waals surface area contributed by atoms with Crippen LogP contribution in [0.15, 0.2) is 42.5 Å². The van der Waals surface area contributed by atoms with E-state index in [9.17, 15) is 19.2 Å². The first-order chi connectivity index (χ1) is 13.7. The molecule has 2 aromatic carbocycles. The van der Waals surface area contributed by atoms with Gasteiger partial charge in [-0.25, -0.2) is 0 Å². The number of ketones is 1. The minimum Gasteiger partial charge on any atom is -0.457 e. The van der Waals surface area contributed by atoms with Crippen LogP contribution in [0.4, 0.5) is 5.69 Å². The van der Waals surface area contributed by atoms with Crippen LogP contribution in [0, 0.1) is 13.8 Å². The Morgan fingerprint density at radius 2 is 1.59 bits per heavy atom. The lowest BCUT2D eigenvalue weighted by Crippen LogP contribution is -2.17. The number of carbonyl (C=O) groups is 4. The summed E-state index contributed by atoms with van der Waals surface area (Å²) in [6.07, 6.45) is -0.174. The van der Waals surface area contributed by atoms with Gasteiger partial charge < -0.3 is 14.8 Å². The second kappa shape index (κ2) is 10.2. The number of anilines is 1. The highest BCUT2D eigenvalue weighted by atomic mass is 16.5. The number of Topliss-reactive ketones (excluding diaryl/α,β-unsaturated/α-hetero) is 1. The molecule has 2 aromatic rings. The van der Waals surface area contributed by atoms with Crippen LogP contribution >= 0.6 is 0 Å². The van der Waals surface area contributed by atoms with Gasteiger partial charge in [-0.3, -0.25) is 19.2 Å². The monoisotopic (exact) mass is 397 g/mol. The minimum atomic E-state index is -0.634. The van der Waals surface area contributed by atoms with Crippen molar-refractivity contribution < 1.29 is 28.7 Å². The van der Waals surface area contributed by atoms with Gasteiger partial charge in [-0.05, 0) is 61.4 Å². The largest absolute Gasteiger partial charge is 0.457 e. The van der Waals surface area contributed by atoms with Crippen LogP contribution < -0.4 is 10.1 Å². The van der Waals surface area contributed by atoms with Gasteiger partial charge in [0.05, 0.1) is 6.42 Å². The van der Waals surface area contributed by atoms with Crippen molar-refractivity contribution in [2.45, 2.75) is 33.6 Å². The van der Waals surface area contributed by atoms with Crippen LogP contribution in [-0.2, 0) is 19.1 Å². The van der Waals surface area contributed by atoms with Crippen molar-refractivity contribution in [1.82, 2.24) is 0 Å². The first-order valence-electron chi connectivity index (χ1n) is 9.09. The highest BCUT2D eigenvalue weighted by molar-refractivity contribution is 5.98. The fourth-order valence-corrected chi connectivity index (χ4v) is 2.43. The Balaban J connectivity index is 1.74. The van der Waals surface area contributed by atoms with E-state index in [-0.39, 0.29) is 18.7 Å². The molecule has 0 aliphatic carbocycles. The summed E-state index contributed by atoms with van der Waals surface area (Å²) in [7, 11) is 0. The third-order valence-corrected chi connectivity index (χ3v) is 4.15. The van der Waals surface area contributed by atoms with E-state index >= 15 is 0 Å². The quantitative estimate of drug-likeness (QED) is 0.417. The maximum Gasteiger partial charge on any atom is 0.308 e. The average Bonchev–Trinajstić information content (AvgIpc) is 2.67. The molecule has 0 atom stereocenters. The number of benzene rings is 2. The molecule has 29 heavy (non-hydrogen) atoms. The standard InChI is InChI=1S/C22H23NO6/c1-14-4-7-18(12-15(14)2)23-21(26)10-11-22(27)28-13-20(25)17-5-8-19(9-6-17)29-16(3)24/h4-9,12H,10-11,13H2,1-3H3,(H,23,26). The molecule has 0 aromatic heterocycles. The zero-order chi connectivity index (χ0) is 21.4. The molecule has 0 spiro atoms. The van der Waals surface area contributed by atoms with Crippen molar-refractivity contribution in [1.29, 1.82) is 0 Å². The number of nitrogens with one attached hydrogen (secondary N) is 1. The fraction of sp³-hybridized carbons (Fsp3) is 0.273. The SMILES string of the molecule is CC(=O)Oc1ccc(C(=O)COC(=O)CCC(=O)Nc2ccc(C)c(C)c2)cc1. The third kappa shape index (κ3) is 7.21. The number of rotatable bonds is 8. The van der Waals surface area contributed by atoms with Gasteiger partial charge in [-0.2, -0.15) is 0 Å². The highest BCUT2D eigenvalue weighted by Crippen LogP contribution is 2.15. The molecule has 152 valence electrons. The Kier molecular flexibility index (Phi) is 7.65. The van der Waals surface area contributed by atoms with E-state index in [4.69, 9.17) is 9.47 Å². The second-order valence-corrected chi connectivity index (χ2v) is 6.55. The summed E-state index contributed by atoms with van der Waals surface area (Å²) in [6, 6.07) is 11.5. The highest BCUT2D eigenvalue weighted by Gasteiger charge is 2.12. The van der Waals surface area contributed by atoms with E-state index in [0.717, 1.165) is 11.1 Å². The van der Waals surface area contributed by atoms with E-state index < -0.39 is 24.3 Å². The molecule has 2 rings (SSSR count). The second-order valence-electron chi connectivity index (χ2n) is 6.55. The smallest absolute Gasteiger partial charge is 0.308 e. The van der Waals surface area contributed by atoms with Crippen molar-refractivity contribution in [3.63, 3.8) is 0 Å². The molecule has 0 aliphatic rings. The molecular weight excluding hydrogens is 374 g/mol. The first kappa shape index (κ1) is 21.8. The summed E-state index contributed by atoms with van der Waals surface area (Å²) >= 11 is 0. The lowest BCUT2D eigenvalue weighted by molar-refractivity contribution is -0.143. The average molecular weight is 397 g/mol. The molecule has 1 amide bonds. The molecule has 0 aliphatic heterocycles. The fourth-order valence-electron chi connectivity index (χ4n) is 2.43. The van der Waals surface area contributed by atoms with E-state index in [1.807, 2.05) is 26.0 Å². The minimum absolute atomic E-state index is 0.0446. The lowest BCUT2D eigenvalue weighted by atomic mass is 10.1. The molecule has 0 saturated carbocycles. The van der Waals surface area contributed by atoms with Gasteiger partial charge in [0.2, 0.25) is 5.91 Å². The molecule has 0 heterocycles. The van der Waals surface area contributed by atoms with Gasteiger partial charge in [0.1, 0.15) is 5.75 Å². The Labute approximate surface area is 169 Å². The molecule has 1 N–H and O–H groups in total. The maximum absolute atomic E-state index is 12.1. The topological polar surface area (TPSA) is 98.8 Å². The number of hydrogen-bond donors (Lipinski definition) is 1. The first-order valence-corrected chi connectivity index (χ1v) is 9.09. The zero-order valence-corrected chi connectivity index (χ0v) is 16.6. The molecule has 0 bridgehead atoms. The number of ether oxygens (including phenoxy) is 2. The normalized spacial score (nSPS) is 10.2. The van der Waals surface area contributed by atoms with E-state index in [0.29, 0.717) is 17.0 Å². The van der Waals surface area contributed by atoms with Crippen molar-refractivity contribution >= 4 is 29.3 Å². The van der Waals surface area contributed by atoms with Crippen molar-refractivity contribution in [3.8, 4) is 5.75 Å². The van der Waals surface area contributed by atoms with E-state index in [1.165, 1.54) is 31.2 Å². The maximum atomic E-state index is 12.1. The van der Waals surface area contributed by atoms with Gasteiger partial charge >= 0.3 is 11.9 Å². The number of carbonyl (C=O) groups excluding carboxylic acids is 4. The summed E-state index contributed by atoms with van der Waals surface area (Å²) < 4.78 is 9.82.